The predicted molar refractivity (Wildman–Crippen MR) is 91.7 cm³/mol. The molecule has 1 aromatic rings. The van der Waals surface area contributed by atoms with Gasteiger partial charge in [0.25, 0.3) is 0 Å². The Bertz CT molecular complexity index is 585. The average molecular weight is 350 g/mol. The quantitative estimate of drug-likeness (QED) is 0.871. The Labute approximate surface area is 147 Å². The Morgan fingerprint density at radius 1 is 1.28 bits per heavy atom. The number of rotatable bonds is 4. The Morgan fingerprint density at radius 2 is 1.96 bits per heavy atom. The molecule has 2 rings (SSSR count). The average Bonchev–Trinajstić information content (AvgIpc) is 2.94. The summed E-state index contributed by atoms with van der Waals surface area (Å²) in [4.78, 5) is 25.8. The summed E-state index contributed by atoms with van der Waals surface area (Å²) in [7, 11) is 0. The van der Waals surface area contributed by atoms with Crippen LogP contribution in [0.3, 0.4) is 0 Å². The van der Waals surface area contributed by atoms with Gasteiger partial charge in [-0.1, -0.05) is 30.3 Å². The zero-order valence-corrected chi connectivity index (χ0v) is 14.9. The number of hydrogen-bond acceptors (Lipinski definition) is 5. The molecule has 2 N–H and O–H groups in total. The lowest BCUT2D eigenvalue weighted by Crippen LogP contribution is -2.48. The third-order valence-corrected chi connectivity index (χ3v) is 3.77. The first-order valence-corrected chi connectivity index (χ1v) is 8.36. The van der Waals surface area contributed by atoms with Crippen LogP contribution in [-0.2, 0) is 16.1 Å². The van der Waals surface area contributed by atoms with E-state index in [4.69, 9.17) is 9.47 Å². The molecule has 1 aliphatic heterocycles. The summed E-state index contributed by atoms with van der Waals surface area (Å²) < 4.78 is 10.6. The van der Waals surface area contributed by atoms with E-state index in [1.165, 1.54) is 4.90 Å². The van der Waals surface area contributed by atoms with E-state index >= 15 is 0 Å². The number of likely N-dealkylation sites (tertiary alicyclic amines) is 1. The Hall–Kier alpha value is -2.28. The van der Waals surface area contributed by atoms with Gasteiger partial charge in [-0.3, -0.25) is 4.90 Å². The third-order valence-electron chi connectivity index (χ3n) is 3.77. The van der Waals surface area contributed by atoms with Crippen molar-refractivity contribution in [3.8, 4) is 0 Å². The molecule has 1 aliphatic rings. The summed E-state index contributed by atoms with van der Waals surface area (Å²) in [5, 5.41) is 12.1. The van der Waals surface area contributed by atoms with Gasteiger partial charge in [-0.05, 0) is 32.8 Å². The van der Waals surface area contributed by atoms with Crippen LogP contribution in [0.1, 0.15) is 32.8 Å². The highest BCUT2D eigenvalue weighted by atomic mass is 16.6. The summed E-state index contributed by atoms with van der Waals surface area (Å²) in [6, 6.07) is 9.36. The van der Waals surface area contributed by atoms with Crippen molar-refractivity contribution in [3.05, 3.63) is 35.9 Å². The number of nitrogens with zero attached hydrogens (tertiary/aromatic N) is 1. The molecule has 25 heavy (non-hydrogen) atoms. The lowest BCUT2D eigenvalue weighted by atomic mass is 10.1. The van der Waals surface area contributed by atoms with E-state index < -0.39 is 24.0 Å². The molecule has 0 aliphatic carbocycles. The number of carbonyl (C=O) groups is 2. The number of carbonyl (C=O) groups excluding carboxylic acids is 2. The van der Waals surface area contributed by atoms with Crippen molar-refractivity contribution in [2.75, 3.05) is 13.2 Å². The second-order valence-corrected chi connectivity index (χ2v) is 7.14. The molecule has 7 heteroatoms. The first-order valence-electron chi connectivity index (χ1n) is 8.36. The van der Waals surface area contributed by atoms with E-state index in [-0.39, 0.29) is 19.1 Å². The second-order valence-electron chi connectivity index (χ2n) is 7.14. The van der Waals surface area contributed by atoms with Crippen molar-refractivity contribution >= 4 is 12.2 Å². The molecule has 138 valence electrons. The maximum Gasteiger partial charge on any atom is 0.411 e. The molecule has 2 atom stereocenters. The second kappa shape index (κ2) is 8.20. The normalized spacial score (nSPS) is 20.2. The number of ether oxygens (including phenoxy) is 2. The fourth-order valence-electron chi connectivity index (χ4n) is 2.64. The molecular formula is C18H26N2O5. The topological polar surface area (TPSA) is 88.1 Å². The zero-order valence-electron chi connectivity index (χ0n) is 14.9. The van der Waals surface area contributed by atoms with Gasteiger partial charge in [0, 0.05) is 19.1 Å². The highest BCUT2D eigenvalue weighted by molar-refractivity contribution is 5.72. The molecule has 0 unspecified atom stereocenters. The number of benzene rings is 1. The molecule has 7 nitrogen and oxygen atoms in total. The Morgan fingerprint density at radius 3 is 2.56 bits per heavy atom. The van der Waals surface area contributed by atoms with Gasteiger partial charge in [0.2, 0.25) is 0 Å². The van der Waals surface area contributed by atoms with Crippen LogP contribution < -0.4 is 5.32 Å². The van der Waals surface area contributed by atoms with Crippen LogP contribution in [-0.4, -0.2) is 47.1 Å². The standard InChI is InChI=1S/C18H26N2O5/c1-18(2,3)25-16(22)19-15-9-14(11-21)10-20(15)17(23)24-12-13-7-5-4-6-8-13/h4-8,14-15,21H,9-12H2,1-3H3,(H,19,22)/t14-,15-/m1/s1. The van der Waals surface area contributed by atoms with Crippen molar-refractivity contribution in [1.29, 1.82) is 0 Å². The number of aliphatic hydroxyl groups is 1. The van der Waals surface area contributed by atoms with E-state index in [9.17, 15) is 14.7 Å². The Balaban J connectivity index is 1.95. The summed E-state index contributed by atoms with van der Waals surface area (Å²) in [6.45, 7) is 5.72. The van der Waals surface area contributed by atoms with E-state index in [1.54, 1.807) is 20.8 Å². The van der Waals surface area contributed by atoms with Crippen LogP contribution in [0.5, 0.6) is 0 Å². The maximum absolute atomic E-state index is 12.4. The number of nitrogens with one attached hydrogen (secondary N) is 1. The number of aliphatic hydroxyl groups excluding tert-OH is 1. The van der Waals surface area contributed by atoms with Crippen molar-refractivity contribution in [2.45, 2.75) is 45.6 Å². The Kier molecular flexibility index (Phi) is 6.25. The largest absolute Gasteiger partial charge is 0.444 e. The summed E-state index contributed by atoms with van der Waals surface area (Å²) in [6.07, 6.45) is -1.23. The molecule has 1 heterocycles. The summed E-state index contributed by atoms with van der Waals surface area (Å²) >= 11 is 0. The highest BCUT2D eigenvalue weighted by Crippen LogP contribution is 2.23. The minimum Gasteiger partial charge on any atom is -0.444 e. The molecule has 0 bridgehead atoms. The predicted octanol–water partition coefficient (Wildman–Crippen LogP) is 2.49. The number of alkyl carbamates (subject to hydrolysis) is 1. The van der Waals surface area contributed by atoms with Gasteiger partial charge < -0.3 is 19.9 Å². The zero-order chi connectivity index (χ0) is 18.4. The van der Waals surface area contributed by atoms with Gasteiger partial charge in [0.15, 0.2) is 0 Å². The number of hydrogen-bond donors (Lipinski definition) is 2. The third kappa shape index (κ3) is 5.94. The van der Waals surface area contributed by atoms with Gasteiger partial charge in [-0.25, -0.2) is 9.59 Å². The molecule has 1 aromatic carbocycles. The molecular weight excluding hydrogens is 324 g/mol. The summed E-state index contributed by atoms with van der Waals surface area (Å²) in [5.74, 6) is -0.107. The molecule has 0 saturated carbocycles. The van der Waals surface area contributed by atoms with Crippen molar-refractivity contribution in [3.63, 3.8) is 0 Å². The monoisotopic (exact) mass is 350 g/mol. The van der Waals surface area contributed by atoms with Crippen molar-refractivity contribution < 1.29 is 24.2 Å². The highest BCUT2D eigenvalue weighted by Gasteiger charge is 2.37. The van der Waals surface area contributed by atoms with Gasteiger partial charge in [0.05, 0.1) is 0 Å². The van der Waals surface area contributed by atoms with Crippen LogP contribution in [0, 0.1) is 5.92 Å². The van der Waals surface area contributed by atoms with Gasteiger partial charge in [-0.2, -0.15) is 0 Å². The molecule has 1 fully saturated rings. The SMILES string of the molecule is CC(C)(C)OC(=O)N[C@H]1C[C@@H](CO)CN1C(=O)OCc1ccccc1. The van der Waals surface area contributed by atoms with Crippen LogP contribution in [0.4, 0.5) is 9.59 Å². The fourth-order valence-corrected chi connectivity index (χ4v) is 2.64. The van der Waals surface area contributed by atoms with Crippen LogP contribution in [0.2, 0.25) is 0 Å². The van der Waals surface area contributed by atoms with Crippen LogP contribution in [0.15, 0.2) is 30.3 Å². The van der Waals surface area contributed by atoms with E-state index in [1.807, 2.05) is 30.3 Å². The molecule has 2 amide bonds. The fraction of sp³-hybridized carbons (Fsp3) is 0.556. The van der Waals surface area contributed by atoms with E-state index in [0.717, 1.165) is 5.56 Å². The van der Waals surface area contributed by atoms with Gasteiger partial charge in [-0.15, -0.1) is 0 Å². The number of amides is 2. The lowest BCUT2D eigenvalue weighted by Gasteiger charge is -2.26. The lowest BCUT2D eigenvalue weighted by molar-refractivity contribution is 0.0426. The van der Waals surface area contributed by atoms with Gasteiger partial charge >= 0.3 is 12.2 Å². The van der Waals surface area contributed by atoms with Crippen LogP contribution in [0.25, 0.3) is 0 Å². The van der Waals surface area contributed by atoms with Crippen LogP contribution >= 0.6 is 0 Å². The minimum atomic E-state index is -0.627. The molecule has 0 spiro atoms. The smallest absolute Gasteiger partial charge is 0.411 e. The molecule has 0 aromatic heterocycles. The van der Waals surface area contributed by atoms with E-state index in [0.29, 0.717) is 13.0 Å². The van der Waals surface area contributed by atoms with Crippen molar-refractivity contribution in [2.24, 2.45) is 5.92 Å². The van der Waals surface area contributed by atoms with Crippen molar-refractivity contribution in [1.82, 2.24) is 10.2 Å². The first kappa shape index (κ1) is 19.1. The van der Waals surface area contributed by atoms with Gasteiger partial charge in [0.1, 0.15) is 18.4 Å². The maximum atomic E-state index is 12.4. The summed E-state index contributed by atoms with van der Waals surface area (Å²) in [5.41, 5.74) is 0.253. The molecule has 0 radical (unpaired) electrons. The first-order chi connectivity index (χ1) is 11.8. The minimum absolute atomic E-state index is 0.0606. The molecule has 1 saturated heterocycles. The van der Waals surface area contributed by atoms with E-state index in [2.05, 4.69) is 5.32 Å².